The summed E-state index contributed by atoms with van der Waals surface area (Å²) in [5.41, 5.74) is 5.39. The molecular formula is C20H23ClN4O3. The SMILES string of the molecule is Cn1c(=O)n(C)c2cc(CCl)ccc21.Cn1c(=O)n(C)c2cc(CO)ccc21. The summed E-state index contributed by atoms with van der Waals surface area (Å²) in [6.07, 6.45) is 0. The van der Waals surface area contributed by atoms with E-state index in [4.69, 9.17) is 16.7 Å². The lowest BCUT2D eigenvalue weighted by Crippen LogP contribution is -2.19. The van der Waals surface area contributed by atoms with Crippen LogP contribution in [0.4, 0.5) is 0 Å². The van der Waals surface area contributed by atoms with Gasteiger partial charge in [0.2, 0.25) is 0 Å². The van der Waals surface area contributed by atoms with Crippen LogP contribution < -0.4 is 11.4 Å². The summed E-state index contributed by atoms with van der Waals surface area (Å²) in [6, 6.07) is 11.3. The average molecular weight is 403 g/mol. The highest BCUT2D eigenvalue weighted by Gasteiger charge is 2.08. The molecule has 0 spiro atoms. The van der Waals surface area contributed by atoms with Gasteiger partial charge in [0.1, 0.15) is 0 Å². The Morgan fingerprint density at radius 3 is 1.54 bits per heavy atom. The zero-order valence-electron chi connectivity index (χ0n) is 16.3. The number of nitrogens with zero attached hydrogens (tertiary/aromatic N) is 4. The molecule has 1 N–H and O–H groups in total. The lowest BCUT2D eigenvalue weighted by atomic mass is 10.2. The maximum atomic E-state index is 11.6. The molecule has 4 rings (SSSR count). The molecule has 8 heteroatoms. The first kappa shape index (κ1) is 20.0. The molecule has 148 valence electrons. The predicted molar refractivity (Wildman–Crippen MR) is 112 cm³/mol. The van der Waals surface area contributed by atoms with Gasteiger partial charge in [-0.25, -0.2) is 9.59 Å². The molecule has 2 aromatic heterocycles. The molecule has 0 aliphatic rings. The van der Waals surface area contributed by atoms with Gasteiger partial charge in [-0.15, -0.1) is 11.6 Å². The minimum atomic E-state index is -0.0462. The van der Waals surface area contributed by atoms with E-state index in [0.717, 1.165) is 33.2 Å². The van der Waals surface area contributed by atoms with Crippen LogP contribution in [0.3, 0.4) is 0 Å². The van der Waals surface area contributed by atoms with E-state index in [9.17, 15) is 9.59 Å². The van der Waals surface area contributed by atoms with Gasteiger partial charge in [0.05, 0.1) is 28.7 Å². The predicted octanol–water partition coefficient (Wildman–Crippen LogP) is 1.99. The Morgan fingerprint density at radius 1 is 0.714 bits per heavy atom. The Labute approximate surface area is 166 Å². The van der Waals surface area contributed by atoms with Crippen molar-refractivity contribution in [1.29, 1.82) is 0 Å². The highest BCUT2D eigenvalue weighted by molar-refractivity contribution is 6.17. The van der Waals surface area contributed by atoms with Gasteiger partial charge in [-0.05, 0) is 35.4 Å². The third kappa shape index (κ3) is 3.27. The molecule has 0 bridgehead atoms. The quantitative estimate of drug-likeness (QED) is 0.521. The maximum Gasteiger partial charge on any atom is 0.328 e. The van der Waals surface area contributed by atoms with Crippen molar-refractivity contribution in [3.05, 3.63) is 68.5 Å². The van der Waals surface area contributed by atoms with Crippen LogP contribution in [0.15, 0.2) is 46.0 Å². The number of hydrogen-bond donors (Lipinski definition) is 1. The summed E-state index contributed by atoms with van der Waals surface area (Å²) in [6.45, 7) is -0.000967. The fraction of sp³-hybridized carbons (Fsp3) is 0.300. The number of aliphatic hydroxyl groups excluding tert-OH is 1. The Hall–Kier alpha value is -2.77. The van der Waals surface area contributed by atoms with E-state index in [1.54, 1.807) is 46.5 Å². The number of rotatable bonds is 2. The normalized spacial score (nSPS) is 11.1. The second-order valence-electron chi connectivity index (χ2n) is 6.74. The van der Waals surface area contributed by atoms with E-state index >= 15 is 0 Å². The van der Waals surface area contributed by atoms with Crippen LogP contribution in [0.25, 0.3) is 22.1 Å². The number of halogens is 1. The van der Waals surface area contributed by atoms with Gasteiger partial charge in [0.25, 0.3) is 0 Å². The molecular weight excluding hydrogens is 380 g/mol. The van der Waals surface area contributed by atoms with E-state index in [2.05, 4.69) is 0 Å². The summed E-state index contributed by atoms with van der Waals surface area (Å²) in [7, 11) is 7.00. The molecule has 0 saturated heterocycles. The Balaban J connectivity index is 0.000000161. The number of aliphatic hydroxyl groups is 1. The smallest absolute Gasteiger partial charge is 0.328 e. The highest BCUT2D eigenvalue weighted by Crippen LogP contribution is 2.15. The molecule has 2 heterocycles. The third-order valence-corrected chi connectivity index (χ3v) is 5.32. The molecule has 4 aromatic rings. The average Bonchev–Trinajstić information content (AvgIpc) is 3.08. The zero-order valence-corrected chi connectivity index (χ0v) is 17.1. The molecule has 0 fully saturated rings. The number of aromatic nitrogens is 4. The summed E-state index contributed by atoms with van der Waals surface area (Å²) in [4.78, 5) is 23.1. The van der Waals surface area contributed by atoms with E-state index in [-0.39, 0.29) is 18.0 Å². The van der Waals surface area contributed by atoms with Crippen LogP contribution in [0.1, 0.15) is 11.1 Å². The van der Waals surface area contributed by atoms with Crippen molar-refractivity contribution >= 4 is 33.7 Å². The Kier molecular flexibility index (Phi) is 5.49. The lowest BCUT2D eigenvalue weighted by molar-refractivity contribution is 0.282. The lowest BCUT2D eigenvalue weighted by Gasteiger charge is -1.97. The first-order chi connectivity index (χ1) is 13.3. The van der Waals surface area contributed by atoms with Crippen LogP contribution in [0.5, 0.6) is 0 Å². The highest BCUT2D eigenvalue weighted by atomic mass is 35.5. The summed E-state index contributed by atoms with van der Waals surface area (Å²) >= 11 is 5.73. The van der Waals surface area contributed by atoms with Crippen molar-refractivity contribution in [2.24, 2.45) is 28.2 Å². The van der Waals surface area contributed by atoms with Gasteiger partial charge >= 0.3 is 11.4 Å². The van der Waals surface area contributed by atoms with Gasteiger partial charge in [0, 0.05) is 34.1 Å². The molecule has 0 aliphatic carbocycles. The van der Waals surface area contributed by atoms with Crippen LogP contribution in [0.2, 0.25) is 0 Å². The standard InChI is InChI=1S/C10H11ClN2O.C10H12N2O2/c1-12-8-4-3-7(6-11)5-9(8)13(2)10(12)14;1-11-8-4-3-7(6-13)5-9(8)12(2)10(11)14/h3-5H,6H2,1-2H3;3-5,13H,6H2,1-2H3. The molecule has 0 aliphatic heterocycles. The van der Waals surface area contributed by atoms with Gasteiger partial charge < -0.3 is 5.11 Å². The molecule has 0 amide bonds. The minimum Gasteiger partial charge on any atom is -0.392 e. The molecule has 28 heavy (non-hydrogen) atoms. The van der Waals surface area contributed by atoms with Crippen LogP contribution in [-0.2, 0) is 40.7 Å². The summed E-state index contributed by atoms with van der Waals surface area (Å²) in [5, 5.41) is 8.97. The first-order valence-corrected chi connectivity index (χ1v) is 9.29. The number of benzene rings is 2. The van der Waals surface area contributed by atoms with Crippen molar-refractivity contribution in [1.82, 2.24) is 18.3 Å². The molecule has 0 unspecified atom stereocenters. The zero-order chi connectivity index (χ0) is 20.6. The number of imidazole rings is 2. The Bertz CT molecular complexity index is 1180. The first-order valence-electron chi connectivity index (χ1n) is 8.75. The fourth-order valence-electron chi connectivity index (χ4n) is 3.29. The molecule has 2 aromatic carbocycles. The summed E-state index contributed by atoms with van der Waals surface area (Å²) in [5.74, 6) is 0.471. The van der Waals surface area contributed by atoms with Gasteiger partial charge in [0.15, 0.2) is 0 Å². The topological polar surface area (TPSA) is 74.1 Å². The second-order valence-corrected chi connectivity index (χ2v) is 7.01. The van der Waals surface area contributed by atoms with E-state index < -0.39 is 0 Å². The summed E-state index contributed by atoms with van der Waals surface area (Å²) < 4.78 is 6.43. The molecule has 7 nitrogen and oxygen atoms in total. The van der Waals surface area contributed by atoms with Gasteiger partial charge in [-0.2, -0.15) is 0 Å². The van der Waals surface area contributed by atoms with Gasteiger partial charge in [-0.3, -0.25) is 18.3 Å². The number of alkyl halides is 1. The van der Waals surface area contributed by atoms with Crippen molar-refractivity contribution in [3.8, 4) is 0 Å². The fourth-order valence-corrected chi connectivity index (χ4v) is 3.45. The minimum absolute atomic E-state index is 0.000967. The van der Waals surface area contributed by atoms with Gasteiger partial charge in [-0.1, -0.05) is 12.1 Å². The van der Waals surface area contributed by atoms with Crippen molar-refractivity contribution in [2.75, 3.05) is 0 Å². The maximum absolute atomic E-state index is 11.6. The molecule has 0 atom stereocenters. The molecule has 0 saturated carbocycles. The van der Waals surface area contributed by atoms with Crippen LogP contribution >= 0.6 is 11.6 Å². The van der Waals surface area contributed by atoms with E-state index in [0.29, 0.717) is 5.88 Å². The number of fused-ring (bicyclic) bond motifs is 2. The van der Waals surface area contributed by atoms with Crippen molar-refractivity contribution in [3.63, 3.8) is 0 Å². The van der Waals surface area contributed by atoms with E-state index in [1.165, 1.54) is 0 Å². The molecule has 0 radical (unpaired) electrons. The van der Waals surface area contributed by atoms with Crippen molar-refractivity contribution < 1.29 is 5.11 Å². The van der Waals surface area contributed by atoms with Crippen LogP contribution in [0, 0.1) is 0 Å². The Morgan fingerprint density at radius 2 is 1.11 bits per heavy atom. The second kappa shape index (κ2) is 7.69. The monoisotopic (exact) mass is 402 g/mol. The third-order valence-electron chi connectivity index (χ3n) is 5.01. The van der Waals surface area contributed by atoms with Crippen LogP contribution in [-0.4, -0.2) is 23.4 Å². The number of aryl methyl sites for hydroxylation is 4. The van der Waals surface area contributed by atoms with E-state index in [1.807, 2.05) is 36.4 Å². The number of hydrogen-bond acceptors (Lipinski definition) is 3. The largest absolute Gasteiger partial charge is 0.392 e. The van der Waals surface area contributed by atoms with Crippen molar-refractivity contribution in [2.45, 2.75) is 12.5 Å².